The van der Waals surface area contributed by atoms with E-state index in [0.29, 0.717) is 24.7 Å². The maximum Gasteiger partial charge on any atom is 0.318 e. The van der Waals surface area contributed by atoms with Crippen LogP contribution in [0.1, 0.15) is 60.5 Å². The van der Waals surface area contributed by atoms with Crippen LogP contribution in [0, 0.1) is 17.2 Å². The molecule has 34 heavy (non-hydrogen) atoms. The largest absolute Gasteiger partial charge is 0.462 e. The Morgan fingerprint density at radius 2 is 1.97 bits per heavy atom. The van der Waals surface area contributed by atoms with E-state index in [9.17, 15) is 5.26 Å². The lowest BCUT2D eigenvalue weighted by molar-refractivity contribution is 0.186. The standard InChI is InChI=1S/C27H34N6O/c1-31-12-5-8-21(31)18-34-27-29-24-17-33(25-11-10-20-7-2-3-9-22(20)25)16-23(24)26(30-27)32-13-4-6-19(14-28)15-32/h2-3,7,9,19,21,25H,4-6,8,10-13,15-18H2,1H3/t19-,21-,25?/m0/s1. The summed E-state index contributed by atoms with van der Waals surface area (Å²) in [6.45, 7) is 5.15. The quantitative estimate of drug-likeness (QED) is 0.677. The number of ether oxygens (including phenoxy) is 1. The number of aromatic nitrogens is 2. The summed E-state index contributed by atoms with van der Waals surface area (Å²) in [6.07, 6.45) is 6.70. The van der Waals surface area contributed by atoms with Gasteiger partial charge in [0, 0.05) is 43.8 Å². The molecule has 7 heteroatoms. The first kappa shape index (κ1) is 21.8. The lowest BCUT2D eigenvalue weighted by Gasteiger charge is -2.32. The number of likely N-dealkylation sites (tertiary alicyclic amines) is 1. The molecule has 6 rings (SSSR count). The molecule has 1 aromatic heterocycles. The Morgan fingerprint density at radius 3 is 2.82 bits per heavy atom. The third-order valence-electron chi connectivity index (χ3n) is 8.29. The smallest absolute Gasteiger partial charge is 0.318 e. The Hall–Kier alpha value is -2.69. The van der Waals surface area contributed by atoms with E-state index in [4.69, 9.17) is 14.7 Å². The van der Waals surface area contributed by atoms with Crippen LogP contribution >= 0.6 is 0 Å². The second kappa shape index (κ2) is 9.16. The first-order valence-electron chi connectivity index (χ1n) is 12.9. The summed E-state index contributed by atoms with van der Waals surface area (Å²) in [5, 5.41) is 9.57. The molecule has 4 heterocycles. The summed E-state index contributed by atoms with van der Waals surface area (Å²) in [5.41, 5.74) is 5.27. The third kappa shape index (κ3) is 4.03. The van der Waals surface area contributed by atoms with Gasteiger partial charge < -0.3 is 14.5 Å². The molecule has 0 amide bonds. The van der Waals surface area contributed by atoms with Gasteiger partial charge in [0.15, 0.2) is 0 Å². The van der Waals surface area contributed by atoms with Gasteiger partial charge in [0.05, 0.1) is 17.7 Å². The SMILES string of the molecule is CN1CCC[C@H]1COc1nc2c(c(N3CCC[C@@H](C#N)C3)n1)CN(C1CCc3ccccc31)C2. The van der Waals surface area contributed by atoms with Crippen LogP contribution in [-0.4, -0.2) is 59.1 Å². The molecule has 0 spiro atoms. The van der Waals surface area contributed by atoms with Gasteiger partial charge >= 0.3 is 6.01 Å². The van der Waals surface area contributed by atoms with Gasteiger partial charge in [0.25, 0.3) is 0 Å². The summed E-state index contributed by atoms with van der Waals surface area (Å²) >= 11 is 0. The van der Waals surface area contributed by atoms with Crippen molar-refractivity contribution in [2.45, 2.75) is 63.7 Å². The molecular weight excluding hydrogens is 424 g/mol. The minimum Gasteiger partial charge on any atom is -0.462 e. The highest BCUT2D eigenvalue weighted by Crippen LogP contribution is 2.42. The number of likely N-dealkylation sites (N-methyl/N-ethyl adjacent to an activating group) is 1. The zero-order chi connectivity index (χ0) is 23.1. The number of anilines is 1. The van der Waals surface area contributed by atoms with Crippen LogP contribution in [0.2, 0.25) is 0 Å². The highest BCUT2D eigenvalue weighted by atomic mass is 16.5. The molecular formula is C27H34N6O. The Labute approximate surface area is 202 Å². The van der Waals surface area contributed by atoms with Gasteiger partial charge in [-0.15, -0.1) is 0 Å². The van der Waals surface area contributed by atoms with Crippen molar-refractivity contribution < 1.29 is 4.74 Å². The van der Waals surface area contributed by atoms with E-state index in [0.717, 1.165) is 69.9 Å². The van der Waals surface area contributed by atoms with E-state index in [1.165, 1.54) is 29.5 Å². The Morgan fingerprint density at radius 1 is 1.09 bits per heavy atom. The van der Waals surface area contributed by atoms with Gasteiger partial charge in [-0.3, -0.25) is 4.90 Å². The summed E-state index contributed by atoms with van der Waals surface area (Å²) in [6, 6.07) is 12.7. The van der Waals surface area contributed by atoms with Crippen LogP contribution < -0.4 is 9.64 Å². The van der Waals surface area contributed by atoms with E-state index in [1.54, 1.807) is 0 Å². The molecule has 2 aromatic rings. The summed E-state index contributed by atoms with van der Waals surface area (Å²) < 4.78 is 6.21. The van der Waals surface area contributed by atoms with E-state index in [-0.39, 0.29) is 5.92 Å². The Bertz CT molecular complexity index is 1100. The molecule has 0 N–H and O–H groups in total. The number of fused-ring (bicyclic) bond motifs is 2. The Balaban J connectivity index is 1.28. The number of piperidine rings is 1. The minimum atomic E-state index is 0.0649. The molecule has 0 radical (unpaired) electrons. The van der Waals surface area contributed by atoms with Gasteiger partial charge in [-0.1, -0.05) is 24.3 Å². The highest BCUT2D eigenvalue weighted by molar-refractivity contribution is 5.52. The normalized spacial score (nSPS) is 26.9. The molecule has 0 bridgehead atoms. The molecule has 1 aliphatic carbocycles. The second-order valence-corrected chi connectivity index (χ2v) is 10.4. The van der Waals surface area contributed by atoms with Crippen LogP contribution in [-0.2, 0) is 19.5 Å². The molecule has 1 unspecified atom stereocenters. The fourth-order valence-corrected chi connectivity index (χ4v) is 6.34. The van der Waals surface area contributed by atoms with Gasteiger partial charge in [0.1, 0.15) is 12.4 Å². The summed E-state index contributed by atoms with van der Waals surface area (Å²) in [4.78, 5) is 17.1. The first-order chi connectivity index (χ1) is 16.7. The molecule has 2 saturated heterocycles. The topological polar surface area (TPSA) is 68.5 Å². The number of benzene rings is 1. The van der Waals surface area contributed by atoms with E-state index in [1.807, 2.05) is 0 Å². The molecule has 7 nitrogen and oxygen atoms in total. The molecule has 0 saturated carbocycles. The number of aryl methyl sites for hydroxylation is 1. The minimum absolute atomic E-state index is 0.0649. The lowest BCUT2D eigenvalue weighted by atomic mass is 9.99. The van der Waals surface area contributed by atoms with Crippen LogP contribution in [0.25, 0.3) is 0 Å². The predicted octanol–water partition coefficient (Wildman–Crippen LogP) is 3.69. The van der Waals surface area contributed by atoms with Crippen molar-refractivity contribution in [3.05, 3.63) is 46.6 Å². The van der Waals surface area contributed by atoms with Crippen molar-refractivity contribution in [2.24, 2.45) is 5.92 Å². The maximum atomic E-state index is 9.57. The van der Waals surface area contributed by atoms with Gasteiger partial charge in [-0.05, 0) is 63.2 Å². The third-order valence-corrected chi connectivity index (χ3v) is 8.29. The monoisotopic (exact) mass is 458 g/mol. The fourth-order valence-electron chi connectivity index (χ4n) is 6.34. The number of rotatable bonds is 5. The first-order valence-corrected chi connectivity index (χ1v) is 12.9. The maximum absolute atomic E-state index is 9.57. The van der Waals surface area contributed by atoms with E-state index < -0.39 is 0 Å². The van der Waals surface area contributed by atoms with Crippen molar-refractivity contribution in [3.63, 3.8) is 0 Å². The van der Waals surface area contributed by atoms with Gasteiger partial charge in [0.2, 0.25) is 0 Å². The molecule has 1 aromatic carbocycles. The average molecular weight is 459 g/mol. The van der Waals surface area contributed by atoms with Crippen LogP contribution in [0.5, 0.6) is 6.01 Å². The molecule has 4 aliphatic rings. The van der Waals surface area contributed by atoms with E-state index in [2.05, 4.69) is 52.1 Å². The summed E-state index contributed by atoms with van der Waals surface area (Å²) in [7, 11) is 2.17. The second-order valence-electron chi connectivity index (χ2n) is 10.4. The molecule has 3 aliphatic heterocycles. The number of hydrogen-bond acceptors (Lipinski definition) is 7. The van der Waals surface area contributed by atoms with Crippen LogP contribution in [0.15, 0.2) is 24.3 Å². The van der Waals surface area contributed by atoms with Crippen molar-refractivity contribution >= 4 is 5.82 Å². The zero-order valence-corrected chi connectivity index (χ0v) is 20.1. The molecule has 178 valence electrons. The highest BCUT2D eigenvalue weighted by Gasteiger charge is 2.36. The van der Waals surface area contributed by atoms with Crippen LogP contribution in [0.4, 0.5) is 5.82 Å². The van der Waals surface area contributed by atoms with E-state index >= 15 is 0 Å². The Kier molecular flexibility index (Phi) is 5.88. The fraction of sp³-hybridized carbons (Fsp3) is 0.593. The zero-order valence-electron chi connectivity index (χ0n) is 20.1. The van der Waals surface area contributed by atoms with Gasteiger partial charge in [-0.2, -0.15) is 15.2 Å². The molecule has 3 atom stereocenters. The van der Waals surface area contributed by atoms with Gasteiger partial charge in [-0.25, -0.2) is 0 Å². The number of nitriles is 1. The average Bonchev–Trinajstić information content (AvgIpc) is 3.60. The van der Waals surface area contributed by atoms with Crippen LogP contribution in [0.3, 0.4) is 0 Å². The van der Waals surface area contributed by atoms with Crippen molar-refractivity contribution in [1.29, 1.82) is 5.26 Å². The van der Waals surface area contributed by atoms with Crippen molar-refractivity contribution in [1.82, 2.24) is 19.8 Å². The predicted molar refractivity (Wildman–Crippen MR) is 130 cm³/mol. The molecule has 2 fully saturated rings. The summed E-state index contributed by atoms with van der Waals surface area (Å²) in [5.74, 6) is 1.06. The number of hydrogen-bond donors (Lipinski definition) is 0. The van der Waals surface area contributed by atoms with Crippen molar-refractivity contribution in [2.75, 3.05) is 38.2 Å². The number of nitrogens with zero attached hydrogens (tertiary/aromatic N) is 6. The van der Waals surface area contributed by atoms with Crippen molar-refractivity contribution in [3.8, 4) is 12.1 Å². The lowest BCUT2D eigenvalue weighted by Crippen LogP contribution is -2.36.